The van der Waals surface area contributed by atoms with E-state index in [0.717, 1.165) is 17.7 Å². The number of aryl methyl sites for hydroxylation is 1. The third kappa shape index (κ3) is 4.01. The van der Waals surface area contributed by atoms with Gasteiger partial charge in [0.05, 0.1) is 0 Å². The number of carbonyl (C=O) groups excluding carboxylic acids is 1. The van der Waals surface area contributed by atoms with Gasteiger partial charge in [0.25, 0.3) is 0 Å². The highest BCUT2D eigenvalue weighted by atomic mass is 32.1. The lowest BCUT2D eigenvalue weighted by molar-refractivity contribution is 0.164. The molecule has 0 saturated heterocycles. The SMILES string of the molecule is COCCCn1c(OC(=O)N(C)C)c(C)c(C)nc1=S. The number of amides is 1. The van der Waals surface area contributed by atoms with Crippen LogP contribution in [0.3, 0.4) is 0 Å². The smallest absolute Gasteiger partial charge is 0.393 e. The summed E-state index contributed by atoms with van der Waals surface area (Å²) in [5.41, 5.74) is 1.57. The van der Waals surface area contributed by atoms with Crippen molar-refractivity contribution < 1.29 is 14.3 Å². The molecule has 0 saturated carbocycles. The minimum atomic E-state index is -0.436. The molecule has 0 atom stereocenters. The third-order valence-corrected chi connectivity index (χ3v) is 3.19. The molecule has 7 heteroatoms. The normalized spacial score (nSPS) is 10.4. The second-order valence-corrected chi connectivity index (χ2v) is 5.04. The van der Waals surface area contributed by atoms with E-state index >= 15 is 0 Å². The van der Waals surface area contributed by atoms with Gasteiger partial charge in [-0.2, -0.15) is 0 Å². The first kappa shape index (κ1) is 16.6. The van der Waals surface area contributed by atoms with Gasteiger partial charge in [-0.3, -0.25) is 4.57 Å². The van der Waals surface area contributed by atoms with Gasteiger partial charge in [0, 0.05) is 45.6 Å². The average Bonchev–Trinajstić information content (AvgIpc) is 2.38. The van der Waals surface area contributed by atoms with Crippen LogP contribution in [0.1, 0.15) is 17.7 Å². The first-order chi connectivity index (χ1) is 9.38. The predicted molar refractivity (Wildman–Crippen MR) is 78.7 cm³/mol. The highest BCUT2D eigenvalue weighted by molar-refractivity contribution is 7.71. The molecule has 0 radical (unpaired) electrons. The van der Waals surface area contributed by atoms with Crippen molar-refractivity contribution in [2.24, 2.45) is 0 Å². The van der Waals surface area contributed by atoms with Gasteiger partial charge < -0.3 is 14.4 Å². The number of ether oxygens (including phenoxy) is 2. The number of methoxy groups -OCH3 is 1. The predicted octanol–water partition coefficient (Wildman–Crippen LogP) is 2.33. The Morgan fingerprint density at radius 2 is 2.05 bits per heavy atom. The minimum absolute atomic E-state index is 0.408. The molecule has 1 heterocycles. The van der Waals surface area contributed by atoms with E-state index in [1.807, 2.05) is 13.8 Å². The Hall–Kier alpha value is -1.47. The molecule has 0 aromatic carbocycles. The van der Waals surface area contributed by atoms with Crippen LogP contribution in [0, 0.1) is 18.6 Å². The largest absolute Gasteiger partial charge is 0.415 e. The van der Waals surface area contributed by atoms with Crippen molar-refractivity contribution >= 4 is 18.3 Å². The molecule has 0 unspecified atom stereocenters. The second-order valence-electron chi connectivity index (χ2n) is 4.67. The maximum absolute atomic E-state index is 11.8. The van der Waals surface area contributed by atoms with Gasteiger partial charge in [-0.1, -0.05) is 0 Å². The van der Waals surface area contributed by atoms with E-state index in [1.165, 1.54) is 4.90 Å². The Morgan fingerprint density at radius 1 is 1.40 bits per heavy atom. The summed E-state index contributed by atoms with van der Waals surface area (Å²) in [4.78, 5) is 17.4. The van der Waals surface area contributed by atoms with E-state index in [-0.39, 0.29) is 0 Å². The lowest BCUT2D eigenvalue weighted by Gasteiger charge is -2.18. The zero-order valence-corrected chi connectivity index (χ0v) is 13.4. The molecular weight excluding hydrogens is 278 g/mol. The third-order valence-electron chi connectivity index (χ3n) is 2.88. The van der Waals surface area contributed by atoms with E-state index < -0.39 is 6.09 Å². The van der Waals surface area contributed by atoms with Gasteiger partial charge in [0.1, 0.15) is 0 Å². The van der Waals surface area contributed by atoms with E-state index in [4.69, 9.17) is 21.7 Å². The molecule has 1 aromatic heterocycles. The zero-order chi connectivity index (χ0) is 15.3. The Labute approximate surface area is 124 Å². The molecule has 0 spiro atoms. The van der Waals surface area contributed by atoms with Crippen molar-refractivity contribution in [1.29, 1.82) is 0 Å². The van der Waals surface area contributed by atoms with Crippen LogP contribution in [-0.2, 0) is 11.3 Å². The maximum atomic E-state index is 11.8. The molecule has 0 aliphatic heterocycles. The second kappa shape index (κ2) is 7.35. The summed E-state index contributed by atoms with van der Waals surface area (Å²) in [6, 6.07) is 0. The van der Waals surface area contributed by atoms with Gasteiger partial charge in [-0.15, -0.1) is 0 Å². The Morgan fingerprint density at radius 3 is 2.60 bits per heavy atom. The Balaban J connectivity index is 3.16. The van der Waals surface area contributed by atoms with Crippen LogP contribution in [0.15, 0.2) is 0 Å². The molecule has 1 amide bonds. The number of hydrogen-bond acceptors (Lipinski definition) is 5. The first-order valence-corrected chi connectivity index (χ1v) is 6.75. The molecule has 1 rings (SSSR count). The fraction of sp³-hybridized carbons (Fsp3) is 0.615. The van der Waals surface area contributed by atoms with Crippen LogP contribution >= 0.6 is 12.2 Å². The van der Waals surface area contributed by atoms with Crippen molar-refractivity contribution in [2.45, 2.75) is 26.8 Å². The molecule has 0 aliphatic carbocycles. The van der Waals surface area contributed by atoms with Gasteiger partial charge in [-0.25, -0.2) is 9.78 Å². The van der Waals surface area contributed by atoms with Crippen LogP contribution in [0.2, 0.25) is 0 Å². The molecule has 0 aliphatic rings. The van der Waals surface area contributed by atoms with Crippen molar-refractivity contribution in [3.63, 3.8) is 0 Å². The van der Waals surface area contributed by atoms with Gasteiger partial charge >= 0.3 is 6.09 Å². The van der Waals surface area contributed by atoms with Gasteiger partial charge in [-0.05, 0) is 32.5 Å². The van der Waals surface area contributed by atoms with Crippen LogP contribution in [0.5, 0.6) is 5.88 Å². The summed E-state index contributed by atoms with van der Waals surface area (Å²) in [7, 11) is 4.91. The zero-order valence-electron chi connectivity index (χ0n) is 12.6. The summed E-state index contributed by atoms with van der Waals surface area (Å²) in [5, 5.41) is 0. The lowest BCUT2D eigenvalue weighted by atomic mass is 10.2. The molecule has 1 aromatic rings. The fourth-order valence-electron chi connectivity index (χ4n) is 1.60. The summed E-state index contributed by atoms with van der Waals surface area (Å²) in [5.74, 6) is 0.456. The van der Waals surface area contributed by atoms with E-state index in [9.17, 15) is 4.79 Å². The number of carbonyl (C=O) groups is 1. The van der Waals surface area contributed by atoms with Crippen LogP contribution in [0.4, 0.5) is 4.79 Å². The Bertz CT molecular complexity index is 540. The fourth-order valence-corrected chi connectivity index (χ4v) is 1.91. The lowest BCUT2D eigenvalue weighted by Crippen LogP contribution is -2.27. The minimum Gasteiger partial charge on any atom is -0.393 e. The van der Waals surface area contributed by atoms with Crippen LogP contribution < -0.4 is 4.74 Å². The standard InChI is InChI=1S/C13H21N3O3S/c1-9-10(2)14-12(20)16(7-6-8-18-5)11(9)19-13(17)15(3)4/h6-8H2,1-5H3. The quantitative estimate of drug-likeness (QED) is 0.617. The average molecular weight is 299 g/mol. The highest BCUT2D eigenvalue weighted by Gasteiger charge is 2.16. The number of rotatable bonds is 5. The van der Waals surface area contributed by atoms with Crippen LogP contribution in [-0.4, -0.2) is 48.4 Å². The Kier molecular flexibility index (Phi) is 6.09. The van der Waals surface area contributed by atoms with Crippen molar-refractivity contribution in [3.8, 4) is 5.88 Å². The molecule has 6 nitrogen and oxygen atoms in total. The number of hydrogen-bond donors (Lipinski definition) is 0. The summed E-state index contributed by atoms with van der Waals surface area (Å²) in [6.07, 6.45) is 0.329. The molecule has 20 heavy (non-hydrogen) atoms. The summed E-state index contributed by atoms with van der Waals surface area (Å²) >= 11 is 5.26. The number of nitrogens with zero attached hydrogens (tertiary/aromatic N) is 3. The molecular formula is C13H21N3O3S. The first-order valence-electron chi connectivity index (χ1n) is 6.34. The molecule has 0 N–H and O–H groups in total. The summed E-state index contributed by atoms with van der Waals surface area (Å²) < 4.78 is 12.6. The van der Waals surface area contributed by atoms with E-state index in [2.05, 4.69) is 4.98 Å². The van der Waals surface area contributed by atoms with E-state index in [0.29, 0.717) is 23.8 Å². The number of aromatic nitrogens is 2. The van der Waals surface area contributed by atoms with E-state index in [1.54, 1.807) is 25.8 Å². The van der Waals surface area contributed by atoms with Crippen molar-refractivity contribution in [2.75, 3.05) is 27.8 Å². The molecule has 0 fully saturated rings. The molecule has 112 valence electrons. The topological polar surface area (TPSA) is 56.6 Å². The monoisotopic (exact) mass is 299 g/mol. The van der Waals surface area contributed by atoms with Crippen LogP contribution in [0.25, 0.3) is 0 Å². The maximum Gasteiger partial charge on any atom is 0.415 e. The van der Waals surface area contributed by atoms with Gasteiger partial charge in [0.15, 0.2) is 0 Å². The summed E-state index contributed by atoms with van der Waals surface area (Å²) in [6.45, 7) is 4.91. The highest BCUT2D eigenvalue weighted by Crippen LogP contribution is 2.21. The van der Waals surface area contributed by atoms with Crippen molar-refractivity contribution in [3.05, 3.63) is 16.0 Å². The van der Waals surface area contributed by atoms with Crippen molar-refractivity contribution in [1.82, 2.24) is 14.5 Å². The molecule has 0 bridgehead atoms. The van der Waals surface area contributed by atoms with Gasteiger partial charge in [0.2, 0.25) is 10.7 Å².